The van der Waals surface area contributed by atoms with E-state index in [2.05, 4.69) is 46.1 Å². The summed E-state index contributed by atoms with van der Waals surface area (Å²) >= 11 is 11.9. The number of benzene rings is 1. The van der Waals surface area contributed by atoms with Crippen molar-refractivity contribution in [1.82, 2.24) is 24.6 Å². The fraction of sp³-hybridized carbons (Fsp3) is 0.235. The van der Waals surface area contributed by atoms with Gasteiger partial charge in [-0.05, 0) is 49.4 Å². The molecule has 0 saturated carbocycles. The van der Waals surface area contributed by atoms with Gasteiger partial charge in [-0.25, -0.2) is 14.6 Å². The van der Waals surface area contributed by atoms with Crippen LogP contribution < -0.4 is 0 Å². The molecular weight excluding hydrogens is 345 g/mol. The summed E-state index contributed by atoms with van der Waals surface area (Å²) in [5.41, 5.74) is 3.24. The summed E-state index contributed by atoms with van der Waals surface area (Å²) in [7, 11) is 2.07. The maximum Gasteiger partial charge on any atom is 0.138 e. The Morgan fingerprint density at radius 1 is 1.12 bits per heavy atom. The van der Waals surface area contributed by atoms with Crippen molar-refractivity contribution in [1.29, 1.82) is 0 Å². The van der Waals surface area contributed by atoms with Crippen LogP contribution in [0.1, 0.15) is 24.1 Å². The first kappa shape index (κ1) is 16.9. The Bertz CT molecular complexity index is 782. The van der Waals surface area contributed by atoms with Crippen molar-refractivity contribution in [2.24, 2.45) is 0 Å². The van der Waals surface area contributed by atoms with E-state index in [0.717, 1.165) is 17.8 Å². The number of aromatic nitrogens is 4. The second-order valence-corrected chi connectivity index (χ2v) is 6.42. The van der Waals surface area contributed by atoms with Gasteiger partial charge in [0.25, 0.3) is 0 Å². The molecule has 1 aromatic carbocycles. The highest BCUT2D eigenvalue weighted by atomic mass is 35.5. The Balaban J connectivity index is 1.72. The first-order chi connectivity index (χ1) is 11.5. The summed E-state index contributed by atoms with van der Waals surface area (Å²) in [6, 6.07) is 12.2. The summed E-state index contributed by atoms with van der Waals surface area (Å²) in [6.07, 6.45) is 3.21. The molecule has 7 heteroatoms. The quantitative estimate of drug-likeness (QED) is 0.640. The van der Waals surface area contributed by atoms with E-state index < -0.39 is 0 Å². The zero-order valence-corrected chi connectivity index (χ0v) is 14.9. The molecule has 24 heavy (non-hydrogen) atoms. The monoisotopic (exact) mass is 361 g/mol. The topological polar surface area (TPSA) is 46.8 Å². The first-order valence-electron chi connectivity index (χ1n) is 7.50. The minimum absolute atomic E-state index is 0.237. The largest absolute Gasteiger partial charge is 0.295 e. The molecule has 1 unspecified atom stereocenters. The predicted molar refractivity (Wildman–Crippen MR) is 95.5 cm³/mol. The molecule has 0 saturated heterocycles. The molecular formula is C17H17Cl2N5. The molecule has 0 N–H and O–H groups in total. The van der Waals surface area contributed by atoms with Gasteiger partial charge in [-0.15, -0.1) is 0 Å². The average molecular weight is 362 g/mol. The predicted octanol–water partition coefficient (Wildman–Crippen LogP) is 4.16. The second-order valence-electron chi connectivity index (χ2n) is 5.64. The Kier molecular flexibility index (Phi) is 5.14. The summed E-state index contributed by atoms with van der Waals surface area (Å²) in [4.78, 5) is 10.2. The van der Waals surface area contributed by atoms with E-state index in [9.17, 15) is 0 Å². The number of pyridine rings is 1. The van der Waals surface area contributed by atoms with Gasteiger partial charge >= 0.3 is 0 Å². The van der Waals surface area contributed by atoms with Crippen molar-refractivity contribution < 1.29 is 0 Å². The summed E-state index contributed by atoms with van der Waals surface area (Å²) in [5, 5.41) is 4.96. The van der Waals surface area contributed by atoms with Crippen LogP contribution in [0.25, 0.3) is 5.69 Å². The maximum absolute atomic E-state index is 5.97. The van der Waals surface area contributed by atoms with E-state index in [4.69, 9.17) is 23.2 Å². The molecule has 0 bridgehead atoms. The lowest BCUT2D eigenvalue weighted by Gasteiger charge is -2.25. The lowest BCUT2D eigenvalue weighted by Crippen LogP contribution is -2.22. The van der Waals surface area contributed by atoms with Gasteiger partial charge in [-0.2, -0.15) is 5.10 Å². The van der Waals surface area contributed by atoms with Gasteiger partial charge in [0, 0.05) is 12.6 Å². The normalized spacial score (nSPS) is 12.5. The summed E-state index contributed by atoms with van der Waals surface area (Å²) < 4.78 is 1.74. The standard InChI is InChI=1S/C17H17Cl2N5/c1-12(23(2)9-13-7-16(18)22-17(19)8-13)14-3-5-15(6-4-14)24-11-20-10-21-24/h3-8,10-12H,9H2,1-2H3. The van der Waals surface area contributed by atoms with E-state index in [1.807, 2.05) is 24.3 Å². The van der Waals surface area contributed by atoms with Crippen LogP contribution in [0.3, 0.4) is 0 Å². The zero-order valence-electron chi connectivity index (χ0n) is 13.4. The molecule has 0 spiro atoms. The van der Waals surface area contributed by atoms with Crippen molar-refractivity contribution in [2.75, 3.05) is 7.05 Å². The van der Waals surface area contributed by atoms with Gasteiger partial charge < -0.3 is 0 Å². The fourth-order valence-electron chi connectivity index (χ4n) is 2.53. The van der Waals surface area contributed by atoms with E-state index in [0.29, 0.717) is 10.3 Å². The fourth-order valence-corrected chi connectivity index (χ4v) is 3.04. The molecule has 3 rings (SSSR count). The highest BCUT2D eigenvalue weighted by Gasteiger charge is 2.13. The van der Waals surface area contributed by atoms with Gasteiger partial charge in [0.15, 0.2) is 0 Å². The van der Waals surface area contributed by atoms with Gasteiger partial charge in [0.05, 0.1) is 5.69 Å². The highest BCUT2D eigenvalue weighted by Crippen LogP contribution is 2.23. The number of hydrogen-bond donors (Lipinski definition) is 0. The van der Waals surface area contributed by atoms with Crippen LogP contribution in [-0.2, 0) is 6.54 Å². The number of rotatable bonds is 5. The van der Waals surface area contributed by atoms with Crippen molar-refractivity contribution in [3.05, 3.63) is 70.5 Å². The third kappa shape index (κ3) is 3.93. The van der Waals surface area contributed by atoms with Gasteiger partial charge in [0.1, 0.15) is 23.0 Å². The molecule has 2 aromatic heterocycles. The number of nitrogens with zero attached hydrogens (tertiary/aromatic N) is 5. The van der Waals surface area contributed by atoms with Crippen LogP contribution in [0, 0.1) is 0 Å². The second kappa shape index (κ2) is 7.30. The van der Waals surface area contributed by atoms with Crippen LogP contribution >= 0.6 is 23.2 Å². The summed E-state index contributed by atoms with van der Waals surface area (Å²) in [5.74, 6) is 0. The molecule has 3 aromatic rings. The lowest BCUT2D eigenvalue weighted by atomic mass is 10.1. The molecule has 0 aliphatic heterocycles. The first-order valence-corrected chi connectivity index (χ1v) is 8.25. The van der Waals surface area contributed by atoms with Crippen LogP contribution in [0.4, 0.5) is 0 Å². The van der Waals surface area contributed by atoms with Gasteiger partial charge in [0.2, 0.25) is 0 Å². The van der Waals surface area contributed by atoms with E-state index in [1.165, 1.54) is 11.9 Å². The Morgan fingerprint density at radius 3 is 2.38 bits per heavy atom. The zero-order chi connectivity index (χ0) is 17.1. The van der Waals surface area contributed by atoms with Crippen molar-refractivity contribution in [2.45, 2.75) is 19.5 Å². The van der Waals surface area contributed by atoms with Crippen LogP contribution in [-0.4, -0.2) is 31.7 Å². The van der Waals surface area contributed by atoms with Crippen LogP contribution in [0.15, 0.2) is 49.1 Å². The molecule has 5 nitrogen and oxygen atoms in total. The van der Waals surface area contributed by atoms with Crippen LogP contribution in [0.5, 0.6) is 0 Å². The number of halogens is 2. The SMILES string of the molecule is CC(c1ccc(-n2cncn2)cc1)N(C)Cc1cc(Cl)nc(Cl)c1. The molecule has 0 aliphatic rings. The van der Waals surface area contributed by atoms with Gasteiger partial charge in [-0.1, -0.05) is 35.3 Å². The van der Waals surface area contributed by atoms with E-state index in [1.54, 1.807) is 11.0 Å². The molecule has 124 valence electrons. The lowest BCUT2D eigenvalue weighted by molar-refractivity contribution is 0.253. The third-order valence-electron chi connectivity index (χ3n) is 3.97. The molecule has 0 fully saturated rings. The molecule has 1 atom stereocenters. The summed E-state index contributed by atoms with van der Waals surface area (Å²) in [6.45, 7) is 2.89. The molecule has 2 heterocycles. The molecule has 0 amide bonds. The van der Waals surface area contributed by atoms with Crippen LogP contribution in [0.2, 0.25) is 10.3 Å². The minimum atomic E-state index is 0.237. The third-order valence-corrected chi connectivity index (χ3v) is 4.36. The van der Waals surface area contributed by atoms with Crippen molar-refractivity contribution in [3.8, 4) is 5.69 Å². The Labute approximate surface area is 150 Å². The van der Waals surface area contributed by atoms with E-state index >= 15 is 0 Å². The number of hydrogen-bond acceptors (Lipinski definition) is 4. The molecule has 0 aliphatic carbocycles. The molecule has 0 radical (unpaired) electrons. The average Bonchev–Trinajstić information content (AvgIpc) is 3.07. The smallest absolute Gasteiger partial charge is 0.138 e. The Morgan fingerprint density at radius 2 is 1.79 bits per heavy atom. The van der Waals surface area contributed by atoms with Crippen molar-refractivity contribution in [3.63, 3.8) is 0 Å². The Hall–Kier alpha value is -1.95. The highest BCUT2D eigenvalue weighted by molar-refractivity contribution is 6.32. The van der Waals surface area contributed by atoms with Gasteiger partial charge in [-0.3, -0.25) is 4.90 Å². The maximum atomic E-state index is 5.97. The van der Waals surface area contributed by atoms with E-state index in [-0.39, 0.29) is 6.04 Å². The minimum Gasteiger partial charge on any atom is -0.295 e. The van der Waals surface area contributed by atoms with Crippen molar-refractivity contribution >= 4 is 23.2 Å².